The summed E-state index contributed by atoms with van der Waals surface area (Å²) in [5.74, 6) is -2.31. The number of nitrogens with one attached hydrogen (secondary N) is 1. The van der Waals surface area contributed by atoms with Crippen molar-refractivity contribution in [3.63, 3.8) is 0 Å². The van der Waals surface area contributed by atoms with Crippen molar-refractivity contribution in [2.24, 2.45) is 5.73 Å². The summed E-state index contributed by atoms with van der Waals surface area (Å²) in [5.41, 5.74) is 5.07. The second-order valence-corrected chi connectivity index (χ2v) is 9.90. The van der Waals surface area contributed by atoms with E-state index in [1.165, 1.54) is 89.9 Å². The number of carbonyl (C=O) groups excluding carboxylic acids is 2. The fraction of sp³-hybridized carbons (Fsp3) is 0.885. The molecule has 2 amide bonds. The number of hydrogen-bond donors (Lipinski definition) is 3. The zero-order valence-electron chi connectivity index (χ0n) is 21.7. The number of carbonyl (C=O) groups is 3. The molecule has 0 radical (unpaired) electrons. The Bertz CT molecular complexity index is 586. The largest absolute Gasteiger partial charge is 0.476 e. The van der Waals surface area contributed by atoms with E-state index in [0.29, 0.717) is 6.54 Å². The maximum atomic E-state index is 12.4. The van der Waals surface area contributed by atoms with Crippen molar-refractivity contribution in [3.05, 3.63) is 0 Å². The van der Waals surface area contributed by atoms with Crippen LogP contribution < -0.4 is 11.1 Å². The molecule has 2 atom stereocenters. The Morgan fingerprint density at radius 2 is 1.24 bits per heavy atom. The molecule has 8 heteroatoms. The Kier molecular flexibility index (Phi) is 21.2. The molecule has 0 aromatic heterocycles. The van der Waals surface area contributed by atoms with Gasteiger partial charge in [0.15, 0.2) is 0 Å². The normalized spacial score (nSPS) is 12.9. The molecule has 34 heavy (non-hydrogen) atoms. The van der Waals surface area contributed by atoms with Gasteiger partial charge in [-0.3, -0.25) is 4.79 Å². The van der Waals surface area contributed by atoms with Crippen molar-refractivity contribution in [2.45, 2.75) is 142 Å². The Labute approximate surface area is 212 Å². The fourth-order valence-corrected chi connectivity index (χ4v) is 4.40. The van der Waals surface area contributed by atoms with Gasteiger partial charge in [-0.2, -0.15) is 0 Å². The molecule has 0 aliphatic carbocycles. The summed E-state index contributed by atoms with van der Waals surface area (Å²) < 4.78 is 0.788. The summed E-state index contributed by atoms with van der Waals surface area (Å²) in [6.07, 6.45) is 20.8. The van der Waals surface area contributed by atoms with E-state index in [1.54, 1.807) is 6.92 Å². The van der Waals surface area contributed by atoms with Crippen LogP contribution >= 0.6 is 0 Å². The molecule has 0 saturated heterocycles. The van der Waals surface area contributed by atoms with Gasteiger partial charge in [-0.05, 0) is 19.9 Å². The molecule has 0 heterocycles. The molecule has 0 bridgehead atoms. The predicted molar refractivity (Wildman–Crippen MR) is 139 cm³/mol. The van der Waals surface area contributed by atoms with Crippen molar-refractivity contribution in [3.8, 4) is 0 Å². The van der Waals surface area contributed by atoms with E-state index in [9.17, 15) is 19.5 Å². The molecule has 0 saturated carbocycles. The molecule has 0 aliphatic heterocycles. The van der Waals surface area contributed by atoms with Gasteiger partial charge in [0.05, 0.1) is 0 Å². The smallest absolute Gasteiger partial charge is 0.418 e. The zero-order valence-corrected chi connectivity index (χ0v) is 22.5. The first-order valence-corrected chi connectivity index (χ1v) is 13.9. The molecule has 0 rings (SSSR count). The highest BCUT2D eigenvalue weighted by atomic mass is 32.1. The average Bonchev–Trinajstić information content (AvgIpc) is 2.79. The first-order chi connectivity index (χ1) is 16.3. The second kappa shape index (κ2) is 22.1. The maximum Gasteiger partial charge on any atom is 0.418 e. The highest BCUT2D eigenvalue weighted by Crippen LogP contribution is 2.13. The van der Waals surface area contributed by atoms with Gasteiger partial charge >= 0.3 is 11.9 Å². The quantitative estimate of drug-likeness (QED) is 0.124. The molecule has 7 nitrogen and oxygen atoms in total. The van der Waals surface area contributed by atoms with Crippen LogP contribution in [0.5, 0.6) is 0 Å². The van der Waals surface area contributed by atoms with Gasteiger partial charge in [0.2, 0.25) is 5.91 Å². The minimum atomic E-state index is -1.23. The molecule has 0 fully saturated rings. The van der Waals surface area contributed by atoms with E-state index >= 15 is 0 Å². The van der Waals surface area contributed by atoms with E-state index in [-0.39, 0.29) is 12.8 Å². The molecule has 0 aromatic carbocycles. The van der Waals surface area contributed by atoms with E-state index in [1.807, 2.05) is 0 Å². The van der Waals surface area contributed by atoms with E-state index in [0.717, 1.165) is 16.8 Å². The summed E-state index contributed by atoms with van der Waals surface area (Å²) >= 11 is 5.02. The van der Waals surface area contributed by atoms with Crippen LogP contribution in [0.3, 0.4) is 0 Å². The highest BCUT2D eigenvalue weighted by Gasteiger charge is 2.37. The third-order valence-corrected chi connectivity index (χ3v) is 6.74. The number of primary amides is 1. The molecule has 0 aromatic rings. The second-order valence-electron chi connectivity index (χ2n) is 9.50. The lowest BCUT2D eigenvalue weighted by molar-refractivity contribution is -0.453. The molecular formula is C26H50N3O4S+. The average molecular weight is 501 g/mol. The first kappa shape index (κ1) is 32.6. The summed E-state index contributed by atoms with van der Waals surface area (Å²) in [5, 5.41) is 12.4. The van der Waals surface area contributed by atoms with E-state index in [2.05, 4.69) is 12.2 Å². The van der Waals surface area contributed by atoms with Crippen molar-refractivity contribution in [1.29, 1.82) is 0 Å². The van der Waals surface area contributed by atoms with Crippen LogP contribution in [0.15, 0.2) is 0 Å². The van der Waals surface area contributed by atoms with Crippen molar-refractivity contribution < 1.29 is 23.4 Å². The molecule has 198 valence electrons. The summed E-state index contributed by atoms with van der Waals surface area (Å²) in [6, 6.07) is -1.79. The lowest BCUT2D eigenvalue weighted by atomic mass is 10.0. The first-order valence-electron chi connectivity index (χ1n) is 13.6. The number of amides is 2. The number of unbranched alkanes of at least 4 members (excludes halogenated alkanes) is 15. The topological polar surface area (TPSA) is 112 Å². The fourth-order valence-electron chi connectivity index (χ4n) is 4.04. The van der Waals surface area contributed by atoms with Gasteiger partial charge in [-0.15, -0.1) is 0 Å². The Hall–Kier alpha value is -1.41. The monoisotopic (exact) mass is 500 g/mol. The van der Waals surface area contributed by atoms with Gasteiger partial charge in [-0.1, -0.05) is 107 Å². The molecule has 0 aliphatic rings. The van der Waals surface area contributed by atoms with Crippen LogP contribution in [0.25, 0.3) is 0 Å². The number of carboxylic acid groups (broad SMARTS) is 1. The van der Waals surface area contributed by atoms with Crippen molar-refractivity contribution in [2.75, 3.05) is 6.54 Å². The lowest BCUT2D eigenvalue weighted by Gasteiger charge is -2.12. The van der Waals surface area contributed by atoms with Gasteiger partial charge in [-0.25, -0.2) is 9.59 Å². The summed E-state index contributed by atoms with van der Waals surface area (Å²) in [4.78, 5) is 34.7. The van der Waals surface area contributed by atoms with Gasteiger partial charge in [0.1, 0.15) is 6.04 Å². The third-order valence-electron chi connectivity index (χ3n) is 6.30. The van der Waals surface area contributed by atoms with Crippen LogP contribution in [-0.4, -0.2) is 45.5 Å². The minimum absolute atomic E-state index is 0.0776. The third kappa shape index (κ3) is 18.0. The molecular weight excluding hydrogens is 450 g/mol. The van der Waals surface area contributed by atoms with Crippen LogP contribution in [0.4, 0.5) is 0 Å². The number of rotatable bonds is 24. The van der Waals surface area contributed by atoms with Crippen LogP contribution in [-0.2, 0) is 26.8 Å². The van der Waals surface area contributed by atoms with Gasteiger partial charge in [0.25, 0.3) is 18.5 Å². The number of nitrogens with zero attached hydrogens (tertiary/aromatic N) is 1. The summed E-state index contributed by atoms with van der Waals surface area (Å²) in [6.45, 7) is 4.63. The van der Waals surface area contributed by atoms with E-state index in [4.69, 9.17) is 18.2 Å². The van der Waals surface area contributed by atoms with Crippen LogP contribution in [0, 0.1) is 0 Å². The van der Waals surface area contributed by atoms with Crippen LogP contribution in [0.2, 0.25) is 0 Å². The number of hydrogen-bond acceptors (Lipinski definition) is 5. The molecule has 0 spiro atoms. The maximum absolute atomic E-state index is 12.4. The van der Waals surface area contributed by atoms with Crippen LogP contribution in [0.1, 0.15) is 129 Å². The SMILES string of the molecule is CCCCCCCCCCCCCCCCCCN[C@H](C)C(=O)[N+](=S)[C@@H](CCC(N)=O)C(=O)O. The molecule has 4 N–H and O–H groups in total. The van der Waals surface area contributed by atoms with Gasteiger partial charge in [0, 0.05) is 12.8 Å². The van der Waals surface area contributed by atoms with Crippen molar-refractivity contribution in [1.82, 2.24) is 5.32 Å². The van der Waals surface area contributed by atoms with Crippen molar-refractivity contribution >= 4 is 30.2 Å². The number of aliphatic carboxylic acids is 1. The molecule has 0 unspecified atom stereocenters. The number of carboxylic acids is 1. The Balaban J connectivity index is 3.68. The summed E-state index contributed by atoms with van der Waals surface area (Å²) in [7, 11) is 0. The number of nitrogens with two attached hydrogens (primary N) is 1. The minimum Gasteiger partial charge on any atom is -0.476 e. The lowest BCUT2D eigenvalue weighted by Crippen LogP contribution is -2.46. The highest BCUT2D eigenvalue weighted by molar-refractivity contribution is 7.44. The Morgan fingerprint density at radius 1 is 0.824 bits per heavy atom. The Morgan fingerprint density at radius 3 is 1.62 bits per heavy atom. The van der Waals surface area contributed by atoms with E-state index < -0.39 is 29.9 Å². The standard InChI is InChI=1S/C26H49N3O4S/c1-3-4-5-6-7-8-9-10-11-12-13-14-15-16-17-18-21-28-22(2)25(31)29(34)23(26(32)33)19-20-24(27)30/h22-23,28H,3-21H2,1-2H3,(H2-,27,30,32,33)/p+1/t22-,23+/m1/s1. The zero-order chi connectivity index (χ0) is 25.6. The van der Waals surface area contributed by atoms with Gasteiger partial charge < -0.3 is 16.2 Å². The predicted octanol–water partition coefficient (Wildman–Crippen LogP) is 5.21.